The molecular weight excluding hydrogens is 610 g/mol. The highest BCUT2D eigenvalue weighted by molar-refractivity contribution is 6.38. The van der Waals surface area contributed by atoms with Crippen molar-refractivity contribution >= 4 is 29.6 Å². The zero-order chi connectivity index (χ0) is 34.7. The Morgan fingerprint density at radius 1 is 1.09 bits per heavy atom. The maximum absolute atomic E-state index is 13.9. The molecule has 0 radical (unpaired) electrons. The van der Waals surface area contributed by atoms with Crippen LogP contribution in [-0.2, 0) is 39.9 Å². The van der Waals surface area contributed by atoms with Gasteiger partial charge in [-0.25, -0.2) is 14.4 Å². The second kappa shape index (κ2) is 16.6. The fraction of sp³-hybridized carbons (Fsp3) is 0.457. The standard InChI is InChI=1S/C35H43NO11/c1-7-30(39)46-21-35(3,4)32(40)33(41)36-16-9-8-13-26(36)34(42)47-27(23-11-10-12-25(19-23)45-20-29(37)38)15-14-24-17-22(2)18-28(43-5)31(24)44-6/h7,10-12,17-19,26-27H,1,8-9,13-16,20-21H2,2-6H3,(H,37,38)/t26-,27+/m0/s1. The van der Waals surface area contributed by atoms with E-state index in [0.29, 0.717) is 49.2 Å². The molecule has 0 bridgehead atoms. The Hall–Kier alpha value is -4.87. The number of carboxylic acid groups (broad SMARTS) is 1. The number of carbonyl (C=O) groups excluding carboxylic acids is 4. The number of esters is 2. The van der Waals surface area contributed by atoms with Crippen molar-refractivity contribution in [1.29, 1.82) is 0 Å². The van der Waals surface area contributed by atoms with Crippen LogP contribution in [0.1, 0.15) is 62.3 Å². The smallest absolute Gasteiger partial charge is 0.341 e. The molecule has 47 heavy (non-hydrogen) atoms. The van der Waals surface area contributed by atoms with Crippen LogP contribution in [0.4, 0.5) is 0 Å². The minimum absolute atomic E-state index is 0.177. The summed E-state index contributed by atoms with van der Waals surface area (Å²) in [6.45, 7) is 7.53. The molecule has 0 aromatic heterocycles. The normalized spacial score (nSPS) is 15.2. The zero-order valence-electron chi connectivity index (χ0n) is 27.5. The van der Waals surface area contributed by atoms with Crippen LogP contribution in [-0.4, -0.2) is 79.6 Å². The van der Waals surface area contributed by atoms with Crippen LogP contribution >= 0.6 is 0 Å². The summed E-state index contributed by atoms with van der Waals surface area (Å²) in [5, 5.41) is 9.07. The van der Waals surface area contributed by atoms with E-state index < -0.39 is 53.8 Å². The number of rotatable bonds is 16. The Morgan fingerprint density at radius 3 is 2.49 bits per heavy atom. The molecule has 2 aromatic carbocycles. The van der Waals surface area contributed by atoms with E-state index in [2.05, 4.69) is 6.58 Å². The lowest BCUT2D eigenvalue weighted by atomic mass is 9.87. The molecule has 1 aliphatic heterocycles. The highest BCUT2D eigenvalue weighted by atomic mass is 16.5. The zero-order valence-corrected chi connectivity index (χ0v) is 27.5. The third kappa shape index (κ3) is 9.81. The first-order valence-corrected chi connectivity index (χ1v) is 15.3. The van der Waals surface area contributed by atoms with E-state index in [1.54, 1.807) is 31.4 Å². The first kappa shape index (κ1) is 36.6. The van der Waals surface area contributed by atoms with Crippen molar-refractivity contribution in [3.63, 3.8) is 0 Å². The van der Waals surface area contributed by atoms with Gasteiger partial charge in [-0.3, -0.25) is 9.59 Å². The Morgan fingerprint density at radius 2 is 1.83 bits per heavy atom. The SMILES string of the molecule is C=CC(=O)OCC(C)(C)C(=O)C(=O)N1CCCC[C@H]1C(=O)O[C@H](CCc1cc(C)cc(OC)c1OC)c1cccc(OCC(=O)O)c1. The Balaban J connectivity index is 1.89. The summed E-state index contributed by atoms with van der Waals surface area (Å²) in [5.41, 5.74) is 0.977. The van der Waals surface area contributed by atoms with Crippen LogP contribution in [0.2, 0.25) is 0 Å². The number of aryl methyl sites for hydroxylation is 2. The highest BCUT2D eigenvalue weighted by Gasteiger charge is 2.42. The van der Waals surface area contributed by atoms with E-state index in [-0.39, 0.29) is 18.9 Å². The van der Waals surface area contributed by atoms with Crippen molar-refractivity contribution < 1.29 is 52.8 Å². The number of carbonyl (C=O) groups is 5. The monoisotopic (exact) mass is 653 g/mol. The molecule has 1 aliphatic rings. The van der Waals surface area contributed by atoms with Crippen LogP contribution in [0.5, 0.6) is 17.2 Å². The summed E-state index contributed by atoms with van der Waals surface area (Å²) in [6, 6.07) is 9.39. The molecule has 1 amide bonds. The van der Waals surface area contributed by atoms with Gasteiger partial charge in [0, 0.05) is 12.6 Å². The van der Waals surface area contributed by atoms with Gasteiger partial charge in [0.1, 0.15) is 24.5 Å². The lowest BCUT2D eigenvalue weighted by Crippen LogP contribution is -2.53. The molecule has 0 saturated carbocycles. The van der Waals surface area contributed by atoms with Crippen molar-refractivity contribution in [1.82, 2.24) is 4.90 Å². The van der Waals surface area contributed by atoms with Crippen molar-refractivity contribution in [3.05, 3.63) is 65.7 Å². The fourth-order valence-corrected chi connectivity index (χ4v) is 5.35. The van der Waals surface area contributed by atoms with E-state index in [4.69, 9.17) is 28.8 Å². The molecule has 12 heteroatoms. The minimum Gasteiger partial charge on any atom is -0.493 e. The molecular formula is C35H43NO11. The lowest BCUT2D eigenvalue weighted by Gasteiger charge is -2.36. The summed E-state index contributed by atoms with van der Waals surface area (Å²) < 4.78 is 27.6. The van der Waals surface area contributed by atoms with Crippen molar-refractivity contribution in [2.24, 2.45) is 5.41 Å². The number of benzene rings is 2. The largest absolute Gasteiger partial charge is 0.493 e. The summed E-state index contributed by atoms with van der Waals surface area (Å²) in [6.07, 6.45) is 2.35. The number of Topliss-reactive ketones (excluding diaryl/α,β-unsaturated/α-hetero) is 1. The molecule has 0 unspecified atom stereocenters. The number of piperidine rings is 1. The molecule has 1 saturated heterocycles. The quantitative estimate of drug-likeness (QED) is 0.156. The molecule has 0 aliphatic carbocycles. The van der Waals surface area contributed by atoms with Crippen LogP contribution in [0.3, 0.4) is 0 Å². The second-order valence-corrected chi connectivity index (χ2v) is 11.9. The number of amides is 1. The number of likely N-dealkylation sites (tertiary alicyclic amines) is 1. The van der Waals surface area contributed by atoms with Crippen LogP contribution < -0.4 is 14.2 Å². The van der Waals surface area contributed by atoms with Crippen LogP contribution in [0.15, 0.2) is 49.1 Å². The van der Waals surface area contributed by atoms with Gasteiger partial charge in [-0.2, -0.15) is 0 Å². The van der Waals surface area contributed by atoms with Gasteiger partial charge in [0.15, 0.2) is 18.1 Å². The third-order valence-corrected chi connectivity index (χ3v) is 7.81. The number of hydrogen-bond donors (Lipinski definition) is 1. The maximum Gasteiger partial charge on any atom is 0.341 e. The number of carboxylic acids is 1. The van der Waals surface area contributed by atoms with E-state index in [1.807, 2.05) is 19.1 Å². The molecule has 2 atom stereocenters. The Kier molecular flexibility index (Phi) is 12.9. The van der Waals surface area contributed by atoms with E-state index in [1.165, 1.54) is 25.9 Å². The summed E-state index contributed by atoms with van der Waals surface area (Å²) in [7, 11) is 3.09. The molecule has 1 fully saturated rings. The topological polar surface area (TPSA) is 155 Å². The second-order valence-electron chi connectivity index (χ2n) is 11.9. The third-order valence-electron chi connectivity index (χ3n) is 7.81. The number of hydrogen-bond acceptors (Lipinski definition) is 10. The first-order chi connectivity index (χ1) is 22.3. The van der Waals surface area contributed by atoms with Crippen LogP contribution in [0, 0.1) is 12.3 Å². The molecule has 1 N–H and O–H groups in total. The molecule has 0 spiro atoms. The van der Waals surface area contributed by atoms with Gasteiger partial charge >= 0.3 is 17.9 Å². The molecule has 254 valence electrons. The maximum atomic E-state index is 13.9. The summed E-state index contributed by atoms with van der Waals surface area (Å²) in [4.78, 5) is 64.5. The highest BCUT2D eigenvalue weighted by Crippen LogP contribution is 2.36. The van der Waals surface area contributed by atoms with Crippen molar-refractivity contribution in [3.8, 4) is 17.2 Å². The van der Waals surface area contributed by atoms with Gasteiger partial charge in [0.2, 0.25) is 5.78 Å². The summed E-state index contributed by atoms with van der Waals surface area (Å²) in [5.74, 6) is -2.81. The number of methoxy groups -OCH3 is 2. The molecule has 3 rings (SSSR count). The van der Waals surface area contributed by atoms with Crippen molar-refractivity contribution in [2.45, 2.75) is 65.0 Å². The number of aliphatic carboxylic acids is 1. The Bertz CT molecular complexity index is 1480. The number of ketones is 1. The summed E-state index contributed by atoms with van der Waals surface area (Å²) >= 11 is 0. The fourth-order valence-electron chi connectivity index (χ4n) is 5.35. The van der Waals surface area contributed by atoms with E-state index >= 15 is 0 Å². The van der Waals surface area contributed by atoms with Crippen molar-refractivity contribution in [2.75, 3.05) is 34.0 Å². The average molecular weight is 654 g/mol. The predicted molar refractivity (Wildman–Crippen MR) is 170 cm³/mol. The minimum atomic E-state index is -1.34. The van der Waals surface area contributed by atoms with Gasteiger partial charge in [0.05, 0.1) is 19.6 Å². The number of nitrogens with zero attached hydrogens (tertiary/aromatic N) is 1. The molecule has 1 heterocycles. The molecule has 12 nitrogen and oxygen atoms in total. The molecule has 2 aromatic rings. The van der Waals surface area contributed by atoms with Gasteiger partial charge in [-0.1, -0.05) is 24.8 Å². The lowest BCUT2D eigenvalue weighted by molar-refractivity contribution is -0.165. The number of ether oxygens (including phenoxy) is 5. The van der Waals surface area contributed by atoms with Gasteiger partial charge in [0.25, 0.3) is 5.91 Å². The predicted octanol–water partition coefficient (Wildman–Crippen LogP) is 4.40. The van der Waals surface area contributed by atoms with E-state index in [9.17, 15) is 24.0 Å². The van der Waals surface area contributed by atoms with E-state index in [0.717, 1.165) is 17.2 Å². The Labute approximate surface area is 274 Å². The van der Waals surface area contributed by atoms with Gasteiger partial charge < -0.3 is 33.7 Å². The van der Waals surface area contributed by atoms with Gasteiger partial charge in [-0.05, 0) is 87.8 Å². The van der Waals surface area contributed by atoms with Crippen LogP contribution in [0.25, 0.3) is 0 Å². The van der Waals surface area contributed by atoms with Gasteiger partial charge in [-0.15, -0.1) is 0 Å². The average Bonchev–Trinajstić information content (AvgIpc) is 3.06. The first-order valence-electron chi connectivity index (χ1n) is 15.3.